The molecule has 0 radical (unpaired) electrons. The van der Waals surface area contributed by atoms with Gasteiger partial charge in [-0.1, -0.05) is 26.0 Å². The lowest BCUT2D eigenvalue weighted by Crippen LogP contribution is -2.41. The lowest BCUT2D eigenvalue weighted by Gasteiger charge is -2.32. The first-order valence-electron chi connectivity index (χ1n) is 8.47. The first-order chi connectivity index (χ1) is 10.6. The van der Waals surface area contributed by atoms with Gasteiger partial charge in [-0.25, -0.2) is 0 Å². The van der Waals surface area contributed by atoms with Gasteiger partial charge in [0.1, 0.15) is 0 Å². The van der Waals surface area contributed by atoms with E-state index < -0.39 is 0 Å². The highest BCUT2D eigenvalue weighted by molar-refractivity contribution is 6.62. The van der Waals surface area contributed by atoms with Crippen molar-refractivity contribution in [2.45, 2.75) is 71.1 Å². The fraction of sp³-hybridized carbons (Fsp3) is 0.611. The molecule has 3 heterocycles. The van der Waals surface area contributed by atoms with Crippen LogP contribution in [-0.4, -0.2) is 28.1 Å². The largest absolute Gasteiger partial charge is 0.494 e. The Kier molecular flexibility index (Phi) is 2.91. The number of aromatic nitrogens is 2. The van der Waals surface area contributed by atoms with Crippen molar-refractivity contribution in [3.8, 4) is 0 Å². The van der Waals surface area contributed by atoms with Crippen molar-refractivity contribution in [3.05, 3.63) is 23.9 Å². The van der Waals surface area contributed by atoms with Gasteiger partial charge >= 0.3 is 7.12 Å². The summed E-state index contributed by atoms with van der Waals surface area (Å²) in [7, 11) is -0.315. The third-order valence-corrected chi connectivity index (χ3v) is 5.88. The molecule has 1 fully saturated rings. The molecule has 122 valence electrons. The summed E-state index contributed by atoms with van der Waals surface area (Å²) in [5, 5.41) is 5.98. The van der Waals surface area contributed by atoms with Crippen LogP contribution in [0.25, 0.3) is 10.9 Å². The number of aryl methyl sites for hydroxylation is 1. The second kappa shape index (κ2) is 4.39. The molecule has 0 atom stereocenters. The second-order valence-corrected chi connectivity index (χ2v) is 8.57. The first-order valence-corrected chi connectivity index (χ1v) is 8.47. The summed E-state index contributed by atoms with van der Waals surface area (Å²) in [6.07, 6.45) is 1.14. The molecule has 23 heavy (non-hydrogen) atoms. The third-order valence-electron chi connectivity index (χ3n) is 5.88. The number of hydrogen-bond acceptors (Lipinski definition) is 3. The maximum Gasteiger partial charge on any atom is 0.494 e. The summed E-state index contributed by atoms with van der Waals surface area (Å²) in [6.45, 7) is 14.0. The van der Waals surface area contributed by atoms with Gasteiger partial charge < -0.3 is 9.31 Å². The molecular formula is C18H25BN2O2. The van der Waals surface area contributed by atoms with Crippen LogP contribution in [0.1, 0.15) is 53.7 Å². The first kappa shape index (κ1) is 15.2. The van der Waals surface area contributed by atoms with E-state index in [4.69, 9.17) is 14.4 Å². The third kappa shape index (κ3) is 2.09. The van der Waals surface area contributed by atoms with Crippen LogP contribution in [0.4, 0.5) is 0 Å². The van der Waals surface area contributed by atoms with E-state index in [9.17, 15) is 0 Å². The number of nitrogens with zero attached hydrogens (tertiary/aromatic N) is 2. The van der Waals surface area contributed by atoms with Crippen molar-refractivity contribution in [1.82, 2.24) is 9.78 Å². The summed E-state index contributed by atoms with van der Waals surface area (Å²) in [5.41, 5.74) is 3.02. The maximum atomic E-state index is 6.20. The fourth-order valence-corrected chi connectivity index (χ4v) is 3.65. The second-order valence-electron chi connectivity index (χ2n) is 8.57. The van der Waals surface area contributed by atoms with Crippen LogP contribution in [0, 0.1) is 0 Å². The molecule has 0 bridgehead atoms. The summed E-state index contributed by atoms with van der Waals surface area (Å²) < 4.78 is 14.6. The van der Waals surface area contributed by atoms with Gasteiger partial charge in [0.05, 0.1) is 22.4 Å². The predicted octanol–water partition coefficient (Wildman–Crippen LogP) is 3.02. The van der Waals surface area contributed by atoms with Crippen LogP contribution in [-0.2, 0) is 21.3 Å². The minimum atomic E-state index is -0.315. The minimum absolute atomic E-state index is 0.170. The van der Waals surface area contributed by atoms with Crippen LogP contribution in [0.2, 0.25) is 0 Å². The average Bonchev–Trinajstić information content (AvgIpc) is 3.01. The minimum Gasteiger partial charge on any atom is -0.399 e. The quantitative estimate of drug-likeness (QED) is 0.760. The Morgan fingerprint density at radius 1 is 1.04 bits per heavy atom. The highest BCUT2D eigenvalue weighted by atomic mass is 16.7. The fourth-order valence-electron chi connectivity index (χ4n) is 3.65. The molecule has 1 aromatic carbocycles. The molecular weight excluding hydrogens is 287 g/mol. The van der Waals surface area contributed by atoms with Crippen LogP contribution in [0.5, 0.6) is 0 Å². The number of benzene rings is 1. The van der Waals surface area contributed by atoms with Gasteiger partial charge in [0.25, 0.3) is 0 Å². The number of rotatable bonds is 1. The van der Waals surface area contributed by atoms with Crippen LogP contribution in [0.3, 0.4) is 0 Å². The molecule has 0 unspecified atom stereocenters. The molecule has 2 aliphatic rings. The van der Waals surface area contributed by atoms with Crippen molar-refractivity contribution in [2.24, 2.45) is 0 Å². The van der Waals surface area contributed by atoms with Crippen molar-refractivity contribution in [1.29, 1.82) is 0 Å². The Labute approximate surface area is 138 Å². The molecule has 2 aliphatic heterocycles. The van der Waals surface area contributed by atoms with Crippen LogP contribution >= 0.6 is 0 Å². The van der Waals surface area contributed by atoms with Crippen molar-refractivity contribution in [3.63, 3.8) is 0 Å². The molecule has 0 N–H and O–H groups in total. The van der Waals surface area contributed by atoms with E-state index in [0.29, 0.717) is 0 Å². The Morgan fingerprint density at radius 2 is 1.70 bits per heavy atom. The zero-order valence-corrected chi connectivity index (χ0v) is 14.9. The SMILES string of the molecule is CC1(C)CCn2nc3ccc(B4OC(C)(C)C(C)(C)O4)cc3c21. The molecule has 2 aromatic rings. The van der Waals surface area contributed by atoms with Gasteiger partial charge in [0.2, 0.25) is 0 Å². The summed E-state index contributed by atoms with van der Waals surface area (Å²) in [5.74, 6) is 0. The van der Waals surface area contributed by atoms with Crippen LogP contribution < -0.4 is 5.46 Å². The predicted molar refractivity (Wildman–Crippen MR) is 93.1 cm³/mol. The Balaban J connectivity index is 1.79. The van der Waals surface area contributed by atoms with E-state index in [0.717, 1.165) is 23.9 Å². The molecule has 0 aliphatic carbocycles. The van der Waals surface area contributed by atoms with Crippen molar-refractivity contribution >= 4 is 23.5 Å². The molecule has 0 amide bonds. The maximum absolute atomic E-state index is 6.20. The monoisotopic (exact) mass is 312 g/mol. The van der Waals surface area contributed by atoms with E-state index >= 15 is 0 Å². The molecule has 1 saturated heterocycles. The molecule has 0 saturated carbocycles. The van der Waals surface area contributed by atoms with E-state index in [2.05, 4.69) is 64.4 Å². The van der Waals surface area contributed by atoms with Crippen molar-refractivity contribution in [2.75, 3.05) is 0 Å². The van der Waals surface area contributed by atoms with E-state index in [1.54, 1.807) is 0 Å². The highest BCUT2D eigenvalue weighted by Crippen LogP contribution is 2.39. The topological polar surface area (TPSA) is 36.3 Å². The Bertz CT molecular complexity index is 776. The Hall–Kier alpha value is -1.33. The molecule has 5 heteroatoms. The lowest BCUT2D eigenvalue weighted by molar-refractivity contribution is 0.00578. The van der Waals surface area contributed by atoms with E-state index in [-0.39, 0.29) is 23.7 Å². The number of fused-ring (bicyclic) bond motifs is 3. The number of hydrogen-bond donors (Lipinski definition) is 0. The van der Waals surface area contributed by atoms with Crippen LogP contribution in [0.15, 0.2) is 18.2 Å². The molecule has 4 rings (SSSR count). The summed E-state index contributed by atoms with van der Waals surface area (Å²) in [6, 6.07) is 6.39. The van der Waals surface area contributed by atoms with E-state index in [1.807, 2.05) is 0 Å². The normalized spacial score (nSPS) is 24.3. The lowest BCUT2D eigenvalue weighted by atomic mass is 9.77. The molecule has 4 nitrogen and oxygen atoms in total. The molecule has 0 spiro atoms. The average molecular weight is 312 g/mol. The smallest absolute Gasteiger partial charge is 0.399 e. The van der Waals surface area contributed by atoms with Gasteiger partial charge in [0, 0.05) is 17.3 Å². The van der Waals surface area contributed by atoms with Gasteiger partial charge in [-0.3, -0.25) is 4.68 Å². The Morgan fingerprint density at radius 3 is 2.35 bits per heavy atom. The van der Waals surface area contributed by atoms with E-state index in [1.165, 1.54) is 11.1 Å². The standard InChI is InChI=1S/C18H25BN2O2/c1-16(2)9-10-21-15(16)13-11-12(7-8-14(13)20-21)19-22-17(3,4)18(5,6)23-19/h7-8,11H,9-10H2,1-6H3. The summed E-state index contributed by atoms with van der Waals surface area (Å²) >= 11 is 0. The molecule has 1 aromatic heterocycles. The van der Waals surface area contributed by atoms with Gasteiger partial charge in [-0.2, -0.15) is 5.10 Å². The zero-order valence-electron chi connectivity index (χ0n) is 14.9. The van der Waals surface area contributed by atoms with Gasteiger partial charge in [0.15, 0.2) is 0 Å². The van der Waals surface area contributed by atoms with Crippen molar-refractivity contribution < 1.29 is 9.31 Å². The summed E-state index contributed by atoms with van der Waals surface area (Å²) in [4.78, 5) is 0. The highest BCUT2D eigenvalue weighted by Gasteiger charge is 2.51. The van der Waals surface area contributed by atoms with Gasteiger partial charge in [-0.15, -0.1) is 0 Å². The zero-order chi connectivity index (χ0) is 16.6. The van der Waals surface area contributed by atoms with Gasteiger partial charge in [-0.05, 0) is 45.6 Å².